The molecule has 0 fully saturated rings. The largest absolute Gasteiger partial charge is 0.492 e. The van der Waals surface area contributed by atoms with E-state index in [1.54, 1.807) is 11.9 Å². The highest BCUT2D eigenvalue weighted by Crippen LogP contribution is 2.16. The van der Waals surface area contributed by atoms with Crippen LogP contribution < -0.4 is 4.74 Å². The van der Waals surface area contributed by atoms with Gasteiger partial charge in [-0.1, -0.05) is 11.2 Å². The summed E-state index contributed by atoms with van der Waals surface area (Å²) < 4.78 is 10.9. The number of ether oxygens (including phenoxy) is 1. The van der Waals surface area contributed by atoms with Crippen LogP contribution in [0, 0.1) is 13.8 Å². The van der Waals surface area contributed by atoms with Gasteiger partial charge in [-0.3, -0.25) is 9.89 Å². The molecule has 0 aliphatic rings. The molecule has 3 aromatic rings. The van der Waals surface area contributed by atoms with Crippen LogP contribution in [0.2, 0.25) is 0 Å². The predicted octanol–water partition coefficient (Wildman–Crippen LogP) is 1.94. The van der Waals surface area contributed by atoms with E-state index in [0.29, 0.717) is 37.1 Å². The number of aromatic nitrogens is 5. The molecule has 2 heterocycles. The number of hydrogen-bond donors (Lipinski definition) is 1. The summed E-state index contributed by atoms with van der Waals surface area (Å²) in [4.78, 5) is 22.0. The Morgan fingerprint density at radius 3 is 2.74 bits per heavy atom. The van der Waals surface area contributed by atoms with Crippen molar-refractivity contribution in [3.8, 4) is 17.4 Å². The molecule has 0 spiro atoms. The van der Waals surface area contributed by atoms with Gasteiger partial charge in [0.15, 0.2) is 5.82 Å². The molecule has 0 atom stereocenters. The maximum atomic E-state index is 12.3. The second kappa shape index (κ2) is 8.43. The van der Waals surface area contributed by atoms with Crippen molar-refractivity contribution >= 4 is 5.91 Å². The van der Waals surface area contributed by atoms with E-state index in [9.17, 15) is 4.79 Å². The van der Waals surface area contributed by atoms with Crippen LogP contribution >= 0.6 is 0 Å². The first kappa shape index (κ1) is 18.6. The quantitative estimate of drug-likeness (QED) is 0.645. The molecule has 27 heavy (non-hydrogen) atoms. The van der Waals surface area contributed by atoms with Crippen LogP contribution in [0.3, 0.4) is 0 Å². The zero-order valence-corrected chi connectivity index (χ0v) is 15.6. The van der Waals surface area contributed by atoms with Gasteiger partial charge in [0, 0.05) is 19.9 Å². The summed E-state index contributed by atoms with van der Waals surface area (Å²) >= 11 is 0. The lowest BCUT2D eigenvalue weighted by Gasteiger charge is -2.17. The molecule has 3 rings (SSSR count). The molecular formula is C18H22N6O3. The average molecular weight is 370 g/mol. The average Bonchev–Trinajstić information content (AvgIpc) is 3.30. The molecule has 9 nitrogen and oxygen atoms in total. The minimum absolute atomic E-state index is 0.0153. The third kappa shape index (κ3) is 5.13. The van der Waals surface area contributed by atoms with Crippen LogP contribution in [-0.4, -0.2) is 56.3 Å². The van der Waals surface area contributed by atoms with Gasteiger partial charge < -0.3 is 14.2 Å². The van der Waals surface area contributed by atoms with Gasteiger partial charge >= 0.3 is 0 Å². The van der Waals surface area contributed by atoms with Crippen molar-refractivity contribution < 1.29 is 14.1 Å². The van der Waals surface area contributed by atoms with Crippen molar-refractivity contribution in [1.29, 1.82) is 0 Å². The summed E-state index contributed by atoms with van der Waals surface area (Å²) in [5.74, 6) is 1.94. The number of carbonyl (C=O) groups is 1. The molecule has 0 saturated carbocycles. The number of nitrogens with zero attached hydrogens (tertiary/aromatic N) is 5. The predicted molar refractivity (Wildman–Crippen MR) is 97.0 cm³/mol. The van der Waals surface area contributed by atoms with Crippen LogP contribution in [0.1, 0.15) is 23.4 Å². The molecular weight excluding hydrogens is 348 g/mol. The molecule has 142 valence electrons. The lowest BCUT2D eigenvalue weighted by atomic mass is 10.1. The van der Waals surface area contributed by atoms with E-state index in [2.05, 4.69) is 31.4 Å². The molecule has 0 unspecified atom stereocenters. The lowest BCUT2D eigenvalue weighted by molar-refractivity contribution is -0.130. The van der Waals surface area contributed by atoms with Crippen LogP contribution in [0.25, 0.3) is 11.6 Å². The summed E-state index contributed by atoms with van der Waals surface area (Å²) in [7, 11) is 1.75. The van der Waals surface area contributed by atoms with E-state index in [-0.39, 0.29) is 12.3 Å². The lowest BCUT2D eigenvalue weighted by Crippen LogP contribution is -2.31. The minimum atomic E-state index is -0.0153. The molecule has 9 heteroatoms. The highest BCUT2D eigenvalue weighted by molar-refractivity contribution is 5.76. The molecule has 2 aromatic heterocycles. The fourth-order valence-corrected chi connectivity index (χ4v) is 2.61. The Hall–Kier alpha value is -3.23. The van der Waals surface area contributed by atoms with Gasteiger partial charge in [0.25, 0.3) is 0 Å². The first-order valence-corrected chi connectivity index (χ1v) is 8.64. The number of likely N-dealkylation sites (N-methyl/N-ethyl adjacent to an activating group) is 1. The Labute approximate surface area is 156 Å². The summed E-state index contributed by atoms with van der Waals surface area (Å²) in [6.07, 6.45) is 2.00. The molecule has 0 aliphatic carbocycles. The van der Waals surface area contributed by atoms with Crippen molar-refractivity contribution in [3.05, 3.63) is 41.5 Å². The van der Waals surface area contributed by atoms with E-state index >= 15 is 0 Å². The smallest absolute Gasteiger partial charge is 0.239 e. The van der Waals surface area contributed by atoms with E-state index in [1.165, 1.54) is 6.33 Å². The number of rotatable bonds is 8. The van der Waals surface area contributed by atoms with Gasteiger partial charge in [-0.15, -0.1) is 0 Å². The first-order chi connectivity index (χ1) is 13.0. The Kier molecular flexibility index (Phi) is 5.80. The molecule has 0 aliphatic heterocycles. The van der Waals surface area contributed by atoms with Crippen molar-refractivity contribution in [2.75, 3.05) is 20.2 Å². The Morgan fingerprint density at radius 2 is 2.04 bits per heavy atom. The summed E-state index contributed by atoms with van der Waals surface area (Å²) in [6, 6.07) is 6.06. The first-order valence-electron chi connectivity index (χ1n) is 8.64. The topological polar surface area (TPSA) is 110 Å². The van der Waals surface area contributed by atoms with Gasteiger partial charge in [0.2, 0.25) is 17.6 Å². The van der Waals surface area contributed by atoms with Crippen LogP contribution in [0.15, 0.2) is 29.0 Å². The second-order valence-corrected chi connectivity index (χ2v) is 6.33. The molecule has 0 radical (unpaired) electrons. The normalized spacial score (nSPS) is 10.8. The van der Waals surface area contributed by atoms with Crippen molar-refractivity contribution in [2.24, 2.45) is 0 Å². The monoisotopic (exact) mass is 370 g/mol. The third-order valence-corrected chi connectivity index (χ3v) is 3.96. The Morgan fingerprint density at radius 1 is 1.26 bits per heavy atom. The van der Waals surface area contributed by atoms with Gasteiger partial charge in [-0.2, -0.15) is 10.1 Å². The summed E-state index contributed by atoms with van der Waals surface area (Å²) in [6.45, 7) is 4.99. The molecule has 1 aromatic carbocycles. The summed E-state index contributed by atoms with van der Waals surface area (Å²) in [5.41, 5.74) is 2.30. The van der Waals surface area contributed by atoms with Gasteiger partial charge in [0.1, 0.15) is 18.7 Å². The standard InChI is InChI=1S/C18H22N6O3/c1-12-8-13(2)10-14(9-12)26-7-6-24(3)16(25)5-4-15-21-18(23-27-15)17-19-11-20-22-17/h8-11H,4-7H2,1-3H3,(H,19,20,22). The fraction of sp³-hybridized carbons (Fsp3) is 0.389. The number of aryl methyl sites for hydroxylation is 3. The number of nitrogens with one attached hydrogen (secondary N) is 1. The van der Waals surface area contributed by atoms with Crippen LogP contribution in [0.5, 0.6) is 5.75 Å². The maximum absolute atomic E-state index is 12.3. The van der Waals surface area contributed by atoms with E-state index < -0.39 is 0 Å². The zero-order chi connectivity index (χ0) is 19.2. The molecule has 1 N–H and O–H groups in total. The molecule has 1 amide bonds. The van der Waals surface area contributed by atoms with Crippen LogP contribution in [0.4, 0.5) is 0 Å². The summed E-state index contributed by atoms with van der Waals surface area (Å²) in [5, 5.41) is 10.2. The van der Waals surface area contributed by atoms with Crippen LogP contribution in [-0.2, 0) is 11.2 Å². The van der Waals surface area contributed by atoms with Crippen molar-refractivity contribution in [2.45, 2.75) is 26.7 Å². The number of H-pyrrole nitrogens is 1. The van der Waals surface area contributed by atoms with E-state index in [4.69, 9.17) is 9.26 Å². The van der Waals surface area contributed by atoms with Gasteiger partial charge in [0.05, 0.1) is 6.54 Å². The minimum Gasteiger partial charge on any atom is -0.492 e. The number of hydrogen-bond acceptors (Lipinski definition) is 7. The van der Waals surface area contributed by atoms with Gasteiger partial charge in [-0.25, -0.2) is 4.98 Å². The number of benzene rings is 1. The van der Waals surface area contributed by atoms with Gasteiger partial charge in [-0.05, 0) is 37.1 Å². The van der Waals surface area contributed by atoms with E-state index in [0.717, 1.165) is 16.9 Å². The Balaban J connectivity index is 1.42. The van der Waals surface area contributed by atoms with Crippen molar-refractivity contribution in [3.63, 3.8) is 0 Å². The second-order valence-electron chi connectivity index (χ2n) is 6.33. The zero-order valence-electron chi connectivity index (χ0n) is 15.6. The third-order valence-electron chi connectivity index (χ3n) is 3.96. The SMILES string of the molecule is Cc1cc(C)cc(OCCN(C)C(=O)CCc2nc(-c3ncn[nH]3)no2)c1. The number of amides is 1. The fourth-order valence-electron chi connectivity index (χ4n) is 2.61. The highest BCUT2D eigenvalue weighted by Gasteiger charge is 2.14. The highest BCUT2D eigenvalue weighted by atomic mass is 16.5. The molecule has 0 bridgehead atoms. The Bertz CT molecular complexity index is 870. The molecule has 0 saturated heterocycles. The maximum Gasteiger partial charge on any atom is 0.239 e. The van der Waals surface area contributed by atoms with Crippen molar-refractivity contribution in [1.82, 2.24) is 30.2 Å². The van der Waals surface area contributed by atoms with E-state index in [1.807, 2.05) is 26.0 Å². The number of aromatic amines is 1. The number of carbonyl (C=O) groups excluding carboxylic acids is 1.